The quantitative estimate of drug-likeness (QED) is 0.886. The van der Waals surface area contributed by atoms with Gasteiger partial charge in [0, 0.05) is 12.7 Å². The van der Waals surface area contributed by atoms with Gasteiger partial charge in [-0.1, -0.05) is 23.7 Å². The molecule has 16 heavy (non-hydrogen) atoms. The van der Waals surface area contributed by atoms with Crippen molar-refractivity contribution in [1.29, 1.82) is 0 Å². The molecule has 0 spiro atoms. The topological polar surface area (TPSA) is 29.9 Å². The fourth-order valence-electron chi connectivity index (χ4n) is 1.68. The van der Waals surface area contributed by atoms with Gasteiger partial charge in [0.2, 0.25) is 0 Å². The minimum atomic E-state index is 0.718. The van der Waals surface area contributed by atoms with Crippen molar-refractivity contribution in [2.45, 2.75) is 13.5 Å². The van der Waals surface area contributed by atoms with Crippen LogP contribution in [0, 0.1) is 6.92 Å². The van der Waals surface area contributed by atoms with Crippen LogP contribution in [0.15, 0.2) is 30.6 Å². The molecule has 0 aliphatic rings. The maximum atomic E-state index is 6.22. The van der Waals surface area contributed by atoms with Crippen molar-refractivity contribution >= 4 is 11.6 Å². The highest BCUT2D eigenvalue weighted by Gasteiger charge is 2.09. The van der Waals surface area contributed by atoms with Crippen molar-refractivity contribution in [3.05, 3.63) is 46.7 Å². The van der Waals surface area contributed by atoms with E-state index in [0.29, 0.717) is 0 Å². The summed E-state index contributed by atoms with van der Waals surface area (Å²) in [4.78, 5) is 0. The molecule has 2 rings (SSSR count). The van der Waals surface area contributed by atoms with Crippen LogP contribution in [0.5, 0.6) is 0 Å². The molecular formula is C12H14ClN3. The molecule has 2 aromatic rings. The lowest BCUT2D eigenvalue weighted by Crippen LogP contribution is -2.09. The van der Waals surface area contributed by atoms with Crippen molar-refractivity contribution < 1.29 is 0 Å². The molecule has 1 aromatic heterocycles. The van der Waals surface area contributed by atoms with Crippen LogP contribution in [0.4, 0.5) is 0 Å². The third kappa shape index (κ3) is 2.10. The molecular weight excluding hydrogens is 222 g/mol. The largest absolute Gasteiger partial charge is 0.316 e. The van der Waals surface area contributed by atoms with Crippen LogP contribution in [0.3, 0.4) is 0 Å². The third-order valence-electron chi connectivity index (χ3n) is 2.38. The van der Waals surface area contributed by atoms with Gasteiger partial charge in [0.1, 0.15) is 0 Å². The van der Waals surface area contributed by atoms with Crippen molar-refractivity contribution in [2.24, 2.45) is 0 Å². The first-order chi connectivity index (χ1) is 7.72. The maximum absolute atomic E-state index is 6.22. The molecule has 0 saturated carbocycles. The first-order valence-electron chi connectivity index (χ1n) is 5.16. The number of para-hydroxylation sites is 1. The van der Waals surface area contributed by atoms with E-state index in [4.69, 9.17) is 11.6 Å². The van der Waals surface area contributed by atoms with Crippen LogP contribution in [-0.4, -0.2) is 16.8 Å². The molecule has 1 N–H and O–H groups in total. The van der Waals surface area contributed by atoms with Crippen molar-refractivity contribution in [3.8, 4) is 5.69 Å². The number of nitrogens with one attached hydrogen (secondary N) is 1. The monoisotopic (exact) mass is 235 g/mol. The number of hydrogen-bond acceptors (Lipinski definition) is 2. The fourth-order valence-corrected chi connectivity index (χ4v) is 1.97. The van der Waals surface area contributed by atoms with Gasteiger partial charge in [-0.25, -0.2) is 4.68 Å². The summed E-state index contributed by atoms with van der Waals surface area (Å²) >= 11 is 6.22. The van der Waals surface area contributed by atoms with Gasteiger partial charge < -0.3 is 5.32 Å². The van der Waals surface area contributed by atoms with Gasteiger partial charge >= 0.3 is 0 Å². The molecule has 0 atom stereocenters. The van der Waals surface area contributed by atoms with Gasteiger partial charge in [0.25, 0.3) is 0 Å². The summed E-state index contributed by atoms with van der Waals surface area (Å²) in [7, 11) is 1.92. The Bertz CT molecular complexity index is 491. The predicted octanol–water partition coefficient (Wildman–Crippen LogP) is 2.55. The number of aryl methyl sites for hydroxylation is 1. The minimum absolute atomic E-state index is 0.718. The first kappa shape index (κ1) is 11.2. The number of aromatic nitrogens is 2. The summed E-state index contributed by atoms with van der Waals surface area (Å²) in [6, 6.07) is 5.89. The van der Waals surface area contributed by atoms with E-state index in [-0.39, 0.29) is 0 Å². The molecule has 0 saturated heterocycles. The second kappa shape index (κ2) is 4.68. The summed E-state index contributed by atoms with van der Waals surface area (Å²) in [6.45, 7) is 2.78. The standard InChI is InChI=1S/C12H14ClN3/c1-9-6-15-16(8-9)12-10(7-14-2)4-3-5-11(12)13/h3-6,8,14H,7H2,1-2H3. The number of hydrogen-bond donors (Lipinski definition) is 1. The van der Waals surface area contributed by atoms with Crippen LogP contribution in [0.2, 0.25) is 5.02 Å². The predicted molar refractivity (Wildman–Crippen MR) is 66.1 cm³/mol. The molecule has 3 nitrogen and oxygen atoms in total. The Morgan fingerprint density at radius 1 is 1.44 bits per heavy atom. The Morgan fingerprint density at radius 3 is 2.88 bits per heavy atom. The van der Waals surface area contributed by atoms with Crippen LogP contribution in [0.25, 0.3) is 5.69 Å². The first-order valence-corrected chi connectivity index (χ1v) is 5.54. The second-order valence-corrected chi connectivity index (χ2v) is 4.15. The van der Waals surface area contributed by atoms with Crippen LogP contribution in [-0.2, 0) is 6.54 Å². The van der Waals surface area contributed by atoms with E-state index in [2.05, 4.69) is 16.5 Å². The van der Waals surface area contributed by atoms with E-state index in [1.165, 1.54) is 0 Å². The van der Waals surface area contributed by atoms with E-state index in [0.717, 1.165) is 28.4 Å². The molecule has 84 valence electrons. The zero-order valence-electron chi connectivity index (χ0n) is 9.37. The lowest BCUT2D eigenvalue weighted by molar-refractivity contribution is 0.789. The highest BCUT2D eigenvalue weighted by Crippen LogP contribution is 2.24. The Balaban J connectivity index is 2.53. The summed E-state index contributed by atoms with van der Waals surface area (Å²) in [5, 5.41) is 8.14. The SMILES string of the molecule is CNCc1cccc(Cl)c1-n1cc(C)cn1. The highest BCUT2D eigenvalue weighted by molar-refractivity contribution is 6.32. The summed E-state index contributed by atoms with van der Waals surface area (Å²) < 4.78 is 1.82. The number of nitrogens with zero attached hydrogens (tertiary/aromatic N) is 2. The maximum Gasteiger partial charge on any atom is 0.0876 e. The molecule has 0 fully saturated rings. The Kier molecular flexibility index (Phi) is 3.27. The molecule has 4 heteroatoms. The zero-order valence-corrected chi connectivity index (χ0v) is 10.1. The average Bonchev–Trinajstić information content (AvgIpc) is 2.65. The van der Waals surface area contributed by atoms with Crippen molar-refractivity contribution in [2.75, 3.05) is 7.05 Å². The molecule has 0 bridgehead atoms. The average molecular weight is 236 g/mol. The second-order valence-electron chi connectivity index (χ2n) is 3.74. The molecule has 1 heterocycles. The molecule has 1 aromatic carbocycles. The number of rotatable bonds is 3. The third-order valence-corrected chi connectivity index (χ3v) is 2.68. The van der Waals surface area contributed by atoms with Crippen molar-refractivity contribution in [1.82, 2.24) is 15.1 Å². The van der Waals surface area contributed by atoms with E-state index >= 15 is 0 Å². The van der Waals surface area contributed by atoms with E-state index in [1.54, 1.807) is 0 Å². The molecule has 0 unspecified atom stereocenters. The van der Waals surface area contributed by atoms with Crippen molar-refractivity contribution in [3.63, 3.8) is 0 Å². The van der Waals surface area contributed by atoms with Gasteiger partial charge in [0.05, 0.1) is 16.9 Å². The summed E-state index contributed by atoms with van der Waals surface area (Å²) in [5.74, 6) is 0. The summed E-state index contributed by atoms with van der Waals surface area (Å²) in [6.07, 6.45) is 3.80. The molecule has 0 radical (unpaired) electrons. The zero-order chi connectivity index (χ0) is 11.5. The lowest BCUT2D eigenvalue weighted by atomic mass is 10.2. The van der Waals surface area contributed by atoms with Crippen LogP contribution in [0.1, 0.15) is 11.1 Å². The summed E-state index contributed by atoms with van der Waals surface area (Å²) in [5.41, 5.74) is 3.21. The van der Waals surface area contributed by atoms with Gasteiger partial charge in [0.15, 0.2) is 0 Å². The molecule has 0 aliphatic heterocycles. The lowest BCUT2D eigenvalue weighted by Gasteiger charge is -2.10. The van der Waals surface area contributed by atoms with Gasteiger partial charge in [-0.05, 0) is 31.2 Å². The van der Waals surface area contributed by atoms with Gasteiger partial charge in [-0.15, -0.1) is 0 Å². The van der Waals surface area contributed by atoms with E-state index in [1.807, 2.05) is 43.2 Å². The molecule has 0 aliphatic carbocycles. The van der Waals surface area contributed by atoms with E-state index < -0.39 is 0 Å². The smallest absolute Gasteiger partial charge is 0.0876 e. The van der Waals surface area contributed by atoms with Crippen LogP contribution < -0.4 is 5.32 Å². The highest BCUT2D eigenvalue weighted by atomic mass is 35.5. The Hall–Kier alpha value is -1.32. The minimum Gasteiger partial charge on any atom is -0.316 e. The van der Waals surface area contributed by atoms with Gasteiger partial charge in [-0.3, -0.25) is 0 Å². The Labute approximate surface area is 100 Å². The van der Waals surface area contributed by atoms with E-state index in [9.17, 15) is 0 Å². The van der Waals surface area contributed by atoms with Crippen LogP contribution >= 0.6 is 11.6 Å². The normalized spacial score (nSPS) is 10.7. The Morgan fingerprint density at radius 2 is 2.25 bits per heavy atom. The molecule has 0 amide bonds. The number of benzene rings is 1. The van der Waals surface area contributed by atoms with Gasteiger partial charge in [-0.2, -0.15) is 5.10 Å². The number of halogens is 1. The fraction of sp³-hybridized carbons (Fsp3) is 0.250.